The third-order valence-electron chi connectivity index (χ3n) is 5.26. The number of urea groups is 1. The Morgan fingerprint density at radius 2 is 1.91 bits per heavy atom. The molecular formula is C16H25N3O3. The molecule has 4 amide bonds. The standard InChI is InChI=1S/C16H25N3O3/c1-15(2)5-11-6-16(3,9-15)10-19(11)13(21)8-18-12(20)7-17(4)14(18)22/h11H,5-10H2,1-4H3/t11-,16-/m1/s1. The lowest BCUT2D eigenvalue weighted by atomic mass is 9.65. The Balaban J connectivity index is 1.72. The minimum atomic E-state index is -0.368. The SMILES string of the molecule is CN1CC(=O)N(CC(=O)N2C[C@]3(C)C[C@H]2CC(C)(C)C3)C1=O. The summed E-state index contributed by atoms with van der Waals surface area (Å²) in [6.45, 7) is 7.46. The van der Waals surface area contributed by atoms with Crippen molar-refractivity contribution in [1.29, 1.82) is 0 Å². The van der Waals surface area contributed by atoms with Gasteiger partial charge in [0.15, 0.2) is 0 Å². The van der Waals surface area contributed by atoms with Gasteiger partial charge in [0.1, 0.15) is 13.1 Å². The lowest BCUT2D eigenvalue weighted by Crippen LogP contribution is -2.45. The van der Waals surface area contributed by atoms with E-state index in [1.54, 1.807) is 7.05 Å². The van der Waals surface area contributed by atoms with E-state index in [1.165, 1.54) is 4.90 Å². The Labute approximate surface area is 131 Å². The van der Waals surface area contributed by atoms with Crippen molar-refractivity contribution >= 4 is 17.8 Å². The summed E-state index contributed by atoms with van der Waals surface area (Å²) >= 11 is 0. The Morgan fingerprint density at radius 3 is 2.50 bits per heavy atom. The molecule has 0 aromatic rings. The molecule has 2 bridgehead atoms. The van der Waals surface area contributed by atoms with Gasteiger partial charge < -0.3 is 9.80 Å². The summed E-state index contributed by atoms with van der Waals surface area (Å²) < 4.78 is 0. The second-order valence-electron chi connectivity index (χ2n) is 8.35. The number of fused-ring (bicyclic) bond motifs is 2. The number of carbonyl (C=O) groups is 3. The second-order valence-corrected chi connectivity index (χ2v) is 8.35. The number of likely N-dealkylation sites (tertiary alicyclic amines) is 1. The molecule has 0 N–H and O–H groups in total. The van der Waals surface area contributed by atoms with Gasteiger partial charge in [0.25, 0.3) is 5.91 Å². The molecule has 122 valence electrons. The van der Waals surface area contributed by atoms with E-state index in [-0.39, 0.29) is 47.8 Å². The molecule has 2 saturated heterocycles. The zero-order valence-corrected chi connectivity index (χ0v) is 13.9. The third kappa shape index (κ3) is 2.48. The first-order valence-corrected chi connectivity index (χ1v) is 7.95. The van der Waals surface area contributed by atoms with Crippen LogP contribution in [0, 0.1) is 10.8 Å². The van der Waals surface area contributed by atoms with E-state index < -0.39 is 0 Å². The van der Waals surface area contributed by atoms with Crippen molar-refractivity contribution in [2.75, 3.05) is 26.7 Å². The molecule has 3 fully saturated rings. The monoisotopic (exact) mass is 307 g/mol. The van der Waals surface area contributed by atoms with Crippen LogP contribution in [0.5, 0.6) is 0 Å². The molecule has 0 unspecified atom stereocenters. The van der Waals surface area contributed by atoms with Gasteiger partial charge in [0, 0.05) is 19.6 Å². The lowest BCUT2D eigenvalue weighted by molar-refractivity contribution is -0.137. The van der Waals surface area contributed by atoms with Crippen LogP contribution in [0.25, 0.3) is 0 Å². The number of amides is 4. The molecule has 22 heavy (non-hydrogen) atoms. The highest BCUT2D eigenvalue weighted by atomic mass is 16.2. The van der Waals surface area contributed by atoms with Crippen LogP contribution in [0.1, 0.15) is 40.0 Å². The van der Waals surface area contributed by atoms with Gasteiger partial charge in [-0.2, -0.15) is 0 Å². The Kier molecular flexibility index (Phi) is 3.27. The van der Waals surface area contributed by atoms with Crippen LogP contribution < -0.4 is 0 Å². The molecule has 1 saturated carbocycles. The largest absolute Gasteiger partial charge is 0.338 e. The van der Waals surface area contributed by atoms with E-state index >= 15 is 0 Å². The van der Waals surface area contributed by atoms with Crippen molar-refractivity contribution in [3.63, 3.8) is 0 Å². The van der Waals surface area contributed by atoms with Crippen LogP contribution in [0.2, 0.25) is 0 Å². The maximum absolute atomic E-state index is 12.7. The summed E-state index contributed by atoms with van der Waals surface area (Å²) in [7, 11) is 1.58. The first kappa shape index (κ1) is 15.3. The van der Waals surface area contributed by atoms with Crippen LogP contribution in [0.15, 0.2) is 0 Å². The third-order valence-corrected chi connectivity index (χ3v) is 5.26. The van der Waals surface area contributed by atoms with E-state index in [1.807, 2.05) is 4.90 Å². The first-order valence-electron chi connectivity index (χ1n) is 7.95. The lowest BCUT2D eigenvalue weighted by Gasteiger charge is -2.39. The fraction of sp³-hybridized carbons (Fsp3) is 0.812. The Morgan fingerprint density at radius 1 is 1.23 bits per heavy atom. The Bertz CT molecular complexity index is 545. The number of nitrogens with zero attached hydrogens (tertiary/aromatic N) is 3. The highest BCUT2D eigenvalue weighted by Gasteiger charge is 2.51. The zero-order chi connectivity index (χ0) is 16.3. The maximum atomic E-state index is 12.7. The highest BCUT2D eigenvalue weighted by Crippen LogP contribution is 2.52. The van der Waals surface area contributed by atoms with E-state index in [2.05, 4.69) is 20.8 Å². The van der Waals surface area contributed by atoms with Crippen LogP contribution in [0.3, 0.4) is 0 Å². The first-order chi connectivity index (χ1) is 10.1. The summed E-state index contributed by atoms with van der Waals surface area (Å²) in [5.41, 5.74) is 0.407. The van der Waals surface area contributed by atoms with Crippen molar-refractivity contribution in [3.8, 4) is 0 Å². The van der Waals surface area contributed by atoms with E-state index in [4.69, 9.17) is 0 Å². The van der Waals surface area contributed by atoms with Crippen molar-refractivity contribution in [3.05, 3.63) is 0 Å². The summed E-state index contributed by atoms with van der Waals surface area (Å²) in [4.78, 5) is 40.7. The fourth-order valence-corrected chi connectivity index (χ4v) is 4.80. The van der Waals surface area contributed by atoms with Gasteiger partial charge in [-0.1, -0.05) is 20.8 Å². The van der Waals surface area contributed by atoms with Crippen LogP contribution in [0.4, 0.5) is 4.79 Å². The molecule has 0 spiro atoms. The molecule has 2 aliphatic heterocycles. The molecule has 6 nitrogen and oxygen atoms in total. The molecule has 2 heterocycles. The van der Waals surface area contributed by atoms with Crippen LogP contribution in [-0.4, -0.2) is 65.3 Å². The van der Waals surface area contributed by atoms with Gasteiger partial charge >= 0.3 is 6.03 Å². The summed E-state index contributed by atoms with van der Waals surface area (Å²) in [6.07, 6.45) is 3.14. The van der Waals surface area contributed by atoms with Crippen molar-refractivity contribution in [1.82, 2.24) is 14.7 Å². The van der Waals surface area contributed by atoms with Gasteiger partial charge in [0.2, 0.25) is 5.91 Å². The fourth-order valence-electron chi connectivity index (χ4n) is 4.80. The Hall–Kier alpha value is -1.59. The normalized spacial score (nSPS) is 33.8. The molecule has 0 aromatic carbocycles. The van der Waals surface area contributed by atoms with Crippen molar-refractivity contribution in [2.24, 2.45) is 10.8 Å². The van der Waals surface area contributed by atoms with E-state index in [0.29, 0.717) is 0 Å². The molecule has 1 aliphatic carbocycles. The molecule has 3 rings (SSSR count). The number of hydrogen-bond donors (Lipinski definition) is 0. The number of imide groups is 1. The van der Waals surface area contributed by atoms with Crippen LogP contribution in [-0.2, 0) is 9.59 Å². The van der Waals surface area contributed by atoms with Gasteiger partial charge in [-0.05, 0) is 30.1 Å². The minimum Gasteiger partial charge on any atom is -0.338 e. The molecule has 3 aliphatic rings. The average Bonchev–Trinajstić information content (AvgIpc) is 2.75. The minimum absolute atomic E-state index is 0.0697. The topological polar surface area (TPSA) is 60.9 Å². The molecule has 6 heteroatoms. The second kappa shape index (κ2) is 4.70. The zero-order valence-electron chi connectivity index (χ0n) is 13.9. The van der Waals surface area contributed by atoms with Gasteiger partial charge in [-0.3, -0.25) is 14.5 Å². The number of carbonyl (C=O) groups excluding carboxylic acids is 3. The van der Waals surface area contributed by atoms with E-state index in [0.717, 1.165) is 30.7 Å². The smallest absolute Gasteiger partial charge is 0.327 e. The van der Waals surface area contributed by atoms with Gasteiger partial charge in [-0.25, -0.2) is 4.79 Å². The predicted molar refractivity (Wildman–Crippen MR) is 81.0 cm³/mol. The van der Waals surface area contributed by atoms with Gasteiger partial charge in [0.05, 0.1) is 0 Å². The quantitative estimate of drug-likeness (QED) is 0.723. The van der Waals surface area contributed by atoms with Crippen molar-refractivity contribution < 1.29 is 14.4 Å². The predicted octanol–water partition coefficient (Wildman–Crippen LogP) is 1.31. The van der Waals surface area contributed by atoms with Crippen LogP contribution >= 0.6 is 0 Å². The summed E-state index contributed by atoms with van der Waals surface area (Å²) in [6, 6.07) is -0.126. The van der Waals surface area contributed by atoms with E-state index in [9.17, 15) is 14.4 Å². The number of rotatable bonds is 2. The maximum Gasteiger partial charge on any atom is 0.327 e. The molecule has 0 radical (unpaired) electrons. The number of likely N-dealkylation sites (N-methyl/N-ethyl adjacent to an activating group) is 1. The summed E-state index contributed by atoms with van der Waals surface area (Å²) in [5, 5.41) is 0. The van der Waals surface area contributed by atoms with Crippen molar-refractivity contribution in [2.45, 2.75) is 46.1 Å². The number of hydrogen-bond acceptors (Lipinski definition) is 3. The van der Waals surface area contributed by atoms with Gasteiger partial charge in [-0.15, -0.1) is 0 Å². The molecular weight excluding hydrogens is 282 g/mol. The molecule has 0 aromatic heterocycles. The highest BCUT2D eigenvalue weighted by molar-refractivity contribution is 6.04. The molecule has 2 atom stereocenters. The summed E-state index contributed by atoms with van der Waals surface area (Å²) in [5.74, 6) is -0.377. The average molecular weight is 307 g/mol.